The summed E-state index contributed by atoms with van der Waals surface area (Å²) < 4.78 is 21.0. The van der Waals surface area contributed by atoms with E-state index in [1.54, 1.807) is 36.3 Å². The Balaban J connectivity index is 1.64. The Labute approximate surface area is 170 Å². The van der Waals surface area contributed by atoms with E-state index in [0.29, 0.717) is 33.6 Å². The number of esters is 1. The van der Waals surface area contributed by atoms with Crippen LogP contribution in [-0.4, -0.2) is 32.6 Å². The number of halogens is 1. The van der Waals surface area contributed by atoms with Crippen LogP contribution < -0.4 is 5.32 Å². The molecular weight excluding hydrogens is 393 g/mol. The van der Waals surface area contributed by atoms with Crippen molar-refractivity contribution in [3.05, 3.63) is 64.6 Å². The minimum Gasteiger partial charge on any atom is -0.465 e. The largest absolute Gasteiger partial charge is 0.465 e. The van der Waals surface area contributed by atoms with Crippen LogP contribution in [0.4, 0.5) is 10.2 Å². The zero-order valence-corrected chi connectivity index (χ0v) is 16.9. The molecule has 0 aliphatic heterocycles. The first-order valence-electron chi connectivity index (χ1n) is 8.84. The number of benzene rings is 1. The van der Waals surface area contributed by atoms with Gasteiger partial charge < -0.3 is 14.6 Å². The summed E-state index contributed by atoms with van der Waals surface area (Å²) in [6, 6.07) is 5.03. The molecule has 0 aliphatic carbocycles. The summed E-state index contributed by atoms with van der Waals surface area (Å²) in [5.74, 6) is 0.451. The maximum absolute atomic E-state index is 14.5. The van der Waals surface area contributed by atoms with Crippen molar-refractivity contribution in [1.29, 1.82) is 0 Å². The molecule has 0 radical (unpaired) electrons. The van der Waals surface area contributed by atoms with Gasteiger partial charge in [0.15, 0.2) is 0 Å². The molecule has 3 heterocycles. The number of carbonyl (C=O) groups excluding carboxylic acids is 1. The van der Waals surface area contributed by atoms with E-state index in [-0.39, 0.29) is 5.82 Å². The smallest absolute Gasteiger partial charge is 0.348 e. The Hall–Kier alpha value is -3.33. The van der Waals surface area contributed by atoms with E-state index in [1.165, 1.54) is 24.5 Å². The van der Waals surface area contributed by atoms with Gasteiger partial charge in [-0.2, -0.15) is 0 Å². The predicted octanol–water partition coefficient (Wildman–Crippen LogP) is 4.03. The average molecular weight is 411 g/mol. The molecule has 1 N–H and O–H groups in total. The van der Waals surface area contributed by atoms with Gasteiger partial charge in [0.1, 0.15) is 27.2 Å². The van der Waals surface area contributed by atoms with Gasteiger partial charge in [-0.1, -0.05) is 6.07 Å². The molecule has 4 rings (SSSR count). The molecule has 0 spiro atoms. The van der Waals surface area contributed by atoms with Crippen molar-refractivity contribution in [3.63, 3.8) is 0 Å². The number of carbonyl (C=O) groups is 1. The number of rotatable bonds is 5. The molecule has 0 bridgehead atoms. The third-order valence-corrected chi connectivity index (χ3v) is 5.69. The third-order valence-electron chi connectivity index (χ3n) is 4.53. The second-order valence-electron chi connectivity index (χ2n) is 6.46. The quantitative estimate of drug-likeness (QED) is 0.499. The number of methoxy groups -OCH3 is 1. The summed E-state index contributed by atoms with van der Waals surface area (Å²) in [6.45, 7) is 4.00. The fourth-order valence-electron chi connectivity index (χ4n) is 3.12. The first kappa shape index (κ1) is 19.0. The highest BCUT2D eigenvalue weighted by atomic mass is 32.1. The van der Waals surface area contributed by atoms with Gasteiger partial charge in [0, 0.05) is 18.9 Å². The molecule has 7 nitrogen and oxygen atoms in total. The van der Waals surface area contributed by atoms with Crippen LogP contribution in [0.1, 0.15) is 26.6 Å². The molecule has 9 heteroatoms. The van der Waals surface area contributed by atoms with Crippen molar-refractivity contribution in [1.82, 2.24) is 19.5 Å². The minimum atomic E-state index is -0.397. The second kappa shape index (κ2) is 7.59. The zero-order chi connectivity index (χ0) is 20.5. The number of fused-ring (bicyclic) bond motifs is 1. The van der Waals surface area contributed by atoms with Crippen LogP contribution in [0.3, 0.4) is 0 Å². The minimum absolute atomic E-state index is 0.342. The van der Waals surface area contributed by atoms with E-state index in [0.717, 1.165) is 16.5 Å². The molecule has 0 saturated heterocycles. The number of imidazole rings is 1. The van der Waals surface area contributed by atoms with Crippen LogP contribution in [0.5, 0.6) is 0 Å². The topological polar surface area (TPSA) is 81.9 Å². The van der Waals surface area contributed by atoms with Crippen LogP contribution in [0.2, 0.25) is 0 Å². The van der Waals surface area contributed by atoms with E-state index < -0.39 is 5.97 Å². The first-order chi connectivity index (χ1) is 14.0. The Morgan fingerprint density at radius 1 is 1.31 bits per heavy atom. The van der Waals surface area contributed by atoms with Crippen molar-refractivity contribution >= 4 is 33.3 Å². The standard InChI is InChI=1S/C20H18FN5O2S/c1-11-16-18(24-12(2)25-19(16)29-17(11)20(27)28-3)23-9-13-4-5-15(14(21)8-13)26-7-6-22-10-26/h4-8,10H,9H2,1-3H3,(H,23,24,25). The Morgan fingerprint density at radius 2 is 2.14 bits per heavy atom. The number of anilines is 1. The van der Waals surface area contributed by atoms with Crippen LogP contribution in [0.15, 0.2) is 36.9 Å². The lowest BCUT2D eigenvalue weighted by Crippen LogP contribution is -2.05. The van der Waals surface area contributed by atoms with Crippen molar-refractivity contribution in [2.45, 2.75) is 20.4 Å². The SMILES string of the molecule is COC(=O)c1sc2nc(C)nc(NCc3ccc(-n4ccnc4)c(F)c3)c2c1C. The lowest BCUT2D eigenvalue weighted by molar-refractivity contribution is 0.0605. The summed E-state index contributed by atoms with van der Waals surface area (Å²) in [5, 5.41) is 4.03. The van der Waals surface area contributed by atoms with Crippen molar-refractivity contribution in [3.8, 4) is 5.69 Å². The monoisotopic (exact) mass is 411 g/mol. The number of ether oxygens (including phenoxy) is 1. The van der Waals surface area contributed by atoms with E-state index >= 15 is 0 Å². The molecule has 0 unspecified atom stereocenters. The number of aromatic nitrogens is 4. The van der Waals surface area contributed by atoms with Crippen LogP contribution in [0.25, 0.3) is 15.9 Å². The van der Waals surface area contributed by atoms with Gasteiger partial charge in [-0.3, -0.25) is 0 Å². The fourth-order valence-corrected chi connectivity index (χ4v) is 4.26. The summed E-state index contributed by atoms with van der Waals surface area (Å²) in [6.07, 6.45) is 4.84. The molecule has 0 aliphatic rings. The van der Waals surface area contributed by atoms with Crippen molar-refractivity contribution < 1.29 is 13.9 Å². The predicted molar refractivity (Wildman–Crippen MR) is 109 cm³/mol. The van der Waals surface area contributed by atoms with E-state index in [9.17, 15) is 9.18 Å². The molecule has 1 aromatic carbocycles. The normalized spacial score (nSPS) is 11.0. The van der Waals surface area contributed by atoms with Crippen LogP contribution >= 0.6 is 11.3 Å². The van der Waals surface area contributed by atoms with Crippen molar-refractivity contribution in [2.75, 3.05) is 12.4 Å². The number of aryl methyl sites for hydroxylation is 2. The summed E-state index contributed by atoms with van der Waals surface area (Å²) >= 11 is 1.28. The average Bonchev–Trinajstić information content (AvgIpc) is 3.34. The number of hydrogen-bond donors (Lipinski definition) is 1. The van der Waals surface area contributed by atoms with Gasteiger partial charge in [-0.25, -0.2) is 24.1 Å². The maximum Gasteiger partial charge on any atom is 0.348 e. The third kappa shape index (κ3) is 3.56. The highest BCUT2D eigenvalue weighted by Crippen LogP contribution is 2.34. The molecule has 148 valence electrons. The molecule has 29 heavy (non-hydrogen) atoms. The van der Waals surface area contributed by atoms with Gasteiger partial charge in [-0.05, 0) is 37.1 Å². The second-order valence-corrected chi connectivity index (χ2v) is 7.46. The molecule has 0 amide bonds. The van der Waals surface area contributed by atoms with E-state index in [4.69, 9.17) is 4.74 Å². The molecular formula is C20H18FN5O2S. The van der Waals surface area contributed by atoms with Gasteiger partial charge in [-0.15, -0.1) is 11.3 Å². The lowest BCUT2D eigenvalue weighted by Gasteiger charge is -2.10. The summed E-state index contributed by atoms with van der Waals surface area (Å²) in [5.41, 5.74) is 1.96. The fraction of sp³-hybridized carbons (Fsp3) is 0.200. The summed E-state index contributed by atoms with van der Waals surface area (Å²) in [7, 11) is 1.35. The van der Waals surface area contributed by atoms with Gasteiger partial charge in [0.05, 0.1) is 24.5 Å². The molecule has 3 aromatic heterocycles. The van der Waals surface area contributed by atoms with Crippen molar-refractivity contribution in [2.24, 2.45) is 0 Å². The Bertz CT molecular complexity index is 1200. The molecule has 0 atom stereocenters. The summed E-state index contributed by atoms with van der Waals surface area (Å²) in [4.78, 5) is 26.1. The number of hydrogen-bond acceptors (Lipinski definition) is 7. The highest BCUT2D eigenvalue weighted by Gasteiger charge is 2.20. The number of nitrogens with zero attached hydrogens (tertiary/aromatic N) is 4. The highest BCUT2D eigenvalue weighted by molar-refractivity contribution is 7.20. The maximum atomic E-state index is 14.5. The number of nitrogens with one attached hydrogen (secondary N) is 1. The lowest BCUT2D eigenvalue weighted by atomic mass is 10.1. The van der Waals surface area contributed by atoms with Gasteiger partial charge >= 0.3 is 5.97 Å². The number of thiophene rings is 1. The molecule has 0 fully saturated rings. The first-order valence-corrected chi connectivity index (χ1v) is 9.66. The van der Waals surface area contributed by atoms with Gasteiger partial charge in [0.25, 0.3) is 0 Å². The van der Waals surface area contributed by atoms with Crippen LogP contribution in [-0.2, 0) is 11.3 Å². The Kier molecular flexibility index (Phi) is 4.98. The molecule has 0 saturated carbocycles. The Morgan fingerprint density at radius 3 is 2.83 bits per heavy atom. The zero-order valence-electron chi connectivity index (χ0n) is 16.1. The molecule has 4 aromatic rings. The van der Waals surface area contributed by atoms with Gasteiger partial charge in [0.2, 0.25) is 0 Å². The van der Waals surface area contributed by atoms with E-state index in [2.05, 4.69) is 20.3 Å². The van der Waals surface area contributed by atoms with Crippen LogP contribution in [0, 0.1) is 19.7 Å². The van der Waals surface area contributed by atoms with E-state index in [1.807, 2.05) is 13.0 Å².